The number of ether oxygens (including phenoxy) is 1. The molecule has 0 aliphatic carbocycles. The molecule has 0 saturated heterocycles. The molecule has 0 aliphatic heterocycles. The van der Waals surface area contributed by atoms with Crippen LogP contribution in [0.2, 0.25) is 0 Å². The lowest BCUT2D eigenvalue weighted by Gasteiger charge is -2.08. The van der Waals surface area contributed by atoms with Gasteiger partial charge >= 0.3 is 0 Å². The number of hydrogen-bond acceptors (Lipinski definition) is 5. The molecule has 0 spiro atoms. The molecule has 2 aromatic rings. The number of nitrogens with zero attached hydrogens (tertiary/aromatic N) is 2. The van der Waals surface area contributed by atoms with Gasteiger partial charge in [0, 0.05) is 6.42 Å². The monoisotopic (exact) mass is 249 g/mol. The number of benzene rings is 1. The summed E-state index contributed by atoms with van der Waals surface area (Å²) in [5.74, 6) is 0.933. The maximum absolute atomic E-state index is 5.73. The molecule has 90 valence electrons. The van der Waals surface area contributed by atoms with Gasteiger partial charge in [0.2, 0.25) is 5.13 Å². The summed E-state index contributed by atoms with van der Waals surface area (Å²) in [5, 5.41) is 9.13. The third-order valence-electron chi connectivity index (χ3n) is 2.40. The van der Waals surface area contributed by atoms with Crippen LogP contribution in [-0.4, -0.2) is 16.8 Å². The first-order valence-electron chi connectivity index (χ1n) is 5.43. The van der Waals surface area contributed by atoms with E-state index in [0.29, 0.717) is 11.7 Å². The fourth-order valence-corrected chi connectivity index (χ4v) is 2.07. The molecular formula is C12H15N3OS. The Kier molecular flexibility index (Phi) is 3.58. The minimum atomic E-state index is 0.506. The molecular weight excluding hydrogens is 234 g/mol. The zero-order valence-electron chi connectivity index (χ0n) is 9.93. The van der Waals surface area contributed by atoms with Gasteiger partial charge in [0.15, 0.2) is 0 Å². The van der Waals surface area contributed by atoms with E-state index in [2.05, 4.69) is 29.3 Å². The lowest BCUT2D eigenvalue weighted by atomic mass is 10.1. The van der Waals surface area contributed by atoms with Crippen molar-refractivity contribution in [3.63, 3.8) is 0 Å². The van der Waals surface area contributed by atoms with Crippen molar-refractivity contribution >= 4 is 16.5 Å². The van der Waals surface area contributed by atoms with Crippen LogP contribution >= 0.6 is 11.3 Å². The van der Waals surface area contributed by atoms with E-state index in [0.717, 1.165) is 22.7 Å². The Morgan fingerprint density at radius 2 is 2.12 bits per heavy atom. The lowest BCUT2D eigenvalue weighted by molar-refractivity contribution is 0.319. The van der Waals surface area contributed by atoms with Crippen molar-refractivity contribution in [1.82, 2.24) is 10.2 Å². The quantitative estimate of drug-likeness (QED) is 0.903. The van der Waals surface area contributed by atoms with Gasteiger partial charge in [-0.3, -0.25) is 0 Å². The van der Waals surface area contributed by atoms with Crippen LogP contribution in [0.15, 0.2) is 18.2 Å². The lowest BCUT2D eigenvalue weighted by Crippen LogP contribution is -2.02. The second-order valence-electron chi connectivity index (χ2n) is 3.90. The number of nitrogens with two attached hydrogens (primary N) is 1. The standard InChI is InChI=1S/C12H15N3OS/c1-8-3-4-9(2)10(7-8)16-6-5-11-14-15-12(13)17-11/h3-4,7H,5-6H2,1-2H3,(H2,13,15). The normalized spacial score (nSPS) is 10.5. The third-order valence-corrected chi connectivity index (χ3v) is 3.21. The SMILES string of the molecule is Cc1ccc(C)c(OCCc2nnc(N)s2)c1. The fourth-order valence-electron chi connectivity index (χ4n) is 1.48. The van der Waals surface area contributed by atoms with Gasteiger partial charge < -0.3 is 10.5 Å². The molecule has 0 bridgehead atoms. The molecule has 1 aromatic heterocycles. The van der Waals surface area contributed by atoms with Crippen LogP contribution in [0.4, 0.5) is 5.13 Å². The van der Waals surface area contributed by atoms with Gasteiger partial charge in [0.05, 0.1) is 6.61 Å². The molecule has 0 radical (unpaired) electrons. The molecule has 1 heterocycles. The first-order valence-corrected chi connectivity index (χ1v) is 6.25. The maximum atomic E-state index is 5.73. The average molecular weight is 249 g/mol. The summed E-state index contributed by atoms with van der Waals surface area (Å²) in [6.07, 6.45) is 0.738. The van der Waals surface area contributed by atoms with Crippen molar-refractivity contribution < 1.29 is 4.74 Å². The Morgan fingerprint density at radius 1 is 1.29 bits per heavy atom. The molecule has 0 aliphatic rings. The molecule has 0 atom stereocenters. The zero-order chi connectivity index (χ0) is 12.3. The molecule has 0 amide bonds. The van der Waals surface area contributed by atoms with Crippen LogP contribution < -0.4 is 10.5 Å². The van der Waals surface area contributed by atoms with E-state index in [1.165, 1.54) is 16.9 Å². The highest BCUT2D eigenvalue weighted by molar-refractivity contribution is 7.15. The van der Waals surface area contributed by atoms with E-state index in [9.17, 15) is 0 Å². The summed E-state index contributed by atoms with van der Waals surface area (Å²) in [6.45, 7) is 4.69. The van der Waals surface area contributed by atoms with Gasteiger partial charge in [-0.2, -0.15) is 0 Å². The predicted octanol–water partition coefficient (Wildman–Crippen LogP) is 2.36. The number of nitrogen functional groups attached to an aromatic ring is 1. The molecule has 2 N–H and O–H groups in total. The van der Waals surface area contributed by atoms with Crippen LogP contribution in [0.25, 0.3) is 0 Å². The molecule has 0 unspecified atom stereocenters. The number of rotatable bonds is 4. The summed E-state index contributed by atoms with van der Waals surface area (Å²) in [5.41, 5.74) is 7.86. The highest BCUT2D eigenvalue weighted by atomic mass is 32.1. The average Bonchev–Trinajstić information content (AvgIpc) is 2.69. The van der Waals surface area contributed by atoms with Crippen molar-refractivity contribution in [2.24, 2.45) is 0 Å². The Morgan fingerprint density at radius 3 is 2.82 bits per heavy atom. The van der Waals surface area contributed by atoms with E-state index < -0.39 is 0 Å². The van der Waals surface area contributed by atoms with Gasteiger partial charge in [-0.05, 0) is 31.0 Å². The molecule has 4 nitrogen and oxygen atoms in total. The van der Waals surface area contributed by atoms with E-state index in [4.69, 9.17) is 10.5 Å². The van der Waals surface area contributed by atoms with Gasteiger partial charge in [-0.25, -0.2) is 0 Å². The minimum Gasteiger partial charge on any atom is -0.493 e. The van der Waals surface area contributed by atoms with Gasteiger partial charge in [0.25, 0.3) is 0 Å². The van der Waals surface area contributed by atoms with Crippen molar-refractivity contribution in [1.29, 1.82) is 0 Å². The Balaban J connectivity index is 1.91. The number of aromatic nitrogens is 2. The Hall–Kier alpha value is -1.62. The van der Waals surface area contributed by atoms with Crippen LogP contribution in [0, 0.1) is 13.8 Å². The number of aryl methyl sites for hydroxylation is 2. The third kappa shape index (κ3) is 3.17. The van der Waals surface area contributed by atoms with Gasteiger partial charge in [-0.15, -0.1) is 10.2 Å². The largest absolute Gasteiger partial charge is 0.493 e. The highest BCUT2D eigenvalue weighted by Gasteiger charge is 2.03. The minimum absolute atomic E-state index is 0.506. The molecule has 5 heteroatoms. The molecule has 2 rings (SSSR count). The van der Waals surface area contributed by atoms with Crippen molar-refractivity contribution in [3.05, 3.63) is 34.3 Å². The molecule has 17 heavy (non-hydrogen) atoms. The summed E-state index contributed by atoms with van der Waals surface area (Å²) in [4.78, 5) is 0. The summed E-state index contributed by atoms with van der Waals surface area (Å²) in [6, 6.07) is 6.19. The van der Waals surface area contributed by atoms with E-state index >= 15 is 0 Å². The first-order chi connectivity index (χ1) is 8.15. The summed E-state index contributed by atoms with van der Waals surface area (Å²) < 4.78 is 5.73. The molecule has 1 aromatic carbocycles. The maximum Gasteiger partial charge on any atom is 0.203 e. The van der Waals surface area contributed by atoms with Crippen molar-refractivity contribution in [2.75, 3.05) is 12.3 Å². The van der Waals surface area contributed by atoms with E-state index in [1.807, 2.05) is 13.0 Å². The summed E-state index contributed by atoms with van der Waals surface area (Å²) >= 11 is 1.41. The molecule has 0 fully saturated rings. The van der Waals surface area contributed by atoms with Crippen molar-refractivity contribution in [2.45, 2.75) is 20.3 Å². The number of hydrogen-bond donors (Lipinski definition) is 1. The van der Waals surface area contributed by atoms with Crippen LogP contribution in [0.1, 0.15) is 16.1 Å². The second kappa shape index (κ2) is 5.14. The smallest absolute Gasteiger partial charge is 0.203 e. The van der Waals surface area contributed by atoms with Crippen LogP contribution in [0.3, 0.4) is 0 Å². The van der Waals surface area contributed by atoms with E-state index in [-0.39, 0.29) is 0 Å². The van der Waals surface area contributed by atoms with Crippen LogP contribution in [0.5, 0.6) is 5.75 Å². The van der Waals surface area contributed by atoms with Crippen LogP contribution in [-0.2, 0) is 6.42 Å². The molecule has 0 saturated carbocycles. The highest BCUT2D eigenvalue weighted by Crippen LogP contribution is 2.19. The second-order valence-corrected chi connectivity index (χ2v) is 5.00. The Labute approximate surface area is 104 Å². The topological polar surface area (TPSA) is 61.0 Å². The fraction of sp³-hybridized carbons (Fsp3) is 0.333. The first kappa shape index (κ1) is 11.9. The number of anilines is 1. The van der Waals surface area contributed by atoms with Gasteiger partial charge in [0.1, 0.15) is 10.8 Å². The van der Waals surface area contributed by atoms with Gasteiger partial charge in [-0.1, -0.05) is 23.5 Å². The zero-order valence-corrected chi connectivity index (χ0v) is 10.8. The Bertz CT molecular complexity index is 510. The summed E-state index contributed by atoms with van der Waals surface area (Å²) in [7, 11) is 0. The van der Waals surface area contributed by atoms with E-state index in [1.54, 1.807) is 0 Å². The predicted molar refractivity (Wildman–Crippen MR) is 69.4 cm³/mol. The van der Waals surface area contributed by atoms with Crippen molar-refractivity contribution in [3.8, 4) is 5.75 Å².